The lowest BCUT2D eigenvalue weighted by atomic mass is 9.89. The van der Waals surface area contributed by atoms with Crippen LogP contribution in [0.4, 0.5) is 0 Å². The Labute approximate surface area is 142 Å². The number of nitrogens with zero attached hydrogens (tertiary/aromatic N) is 3. The van der Waals surface area contributed by atoms with E-state index in [-0.39, 0.29) is 0 Å². The number of likely N-dealkylation sites (tertiary alicyclic amines) is 1. The molecule has 1 aromatic heterocycles. The van der Waals surface area contributed by atoms with Crippen LogP contribution in [0.5, 0.6) is 5.75 Å². The van der Waals surface area contributed by atoms with Crippen molar-refractivity contribution in [3.8, 4) is 5.75 Å². The third-order valence-electron chi connectivity index (χ3n) is 4.54. The minimum atomic E-state index is 0.301. The van der Waals surface area contributed by atoms with E-state index in [0.29, 0.717) is 36.8 Å². The van der Waals surface area contributed by atoms with Gasteiger partial charge in [-0.05, 0) is 24.8 Å². The first-order valence-corrected chi connectivity index (χ1v) is 8.38. The average Bonchev–Trinajstić information content (AvgIpc) is 3.02. The molecule has 1 fully saturated rings. The molecule has 0 aliphatic carbocycles. The number of ether oxygens (including phenoxy) is 2. The van der Waals surface area contributed by atoms with Crippen molar-refractivity contribution in [2.45, 2.75) is 39.0 Å². The first-order chi connectivity index (χ1) is 11.7. The van der Waals surface area contributed by atoms with E-state index in [4.69, 9.17) is 14.0 Å². The fraction of sp³-hybridized carbons (Fsp3) is 0.556. The van der Waals surface area contributed by atoms with Gasteiger partial charge in [0.15, 0.2) is 5.82 Å². The highest BCUT2D eigenvalue weighted by molar-refractivity contribution is 5.36. The number of methoxy groups -OCH3 is 2. The molecule has 0 bridgehead atoms. The number of hydrogen-bond donors (Lipinski definition) is 0. The summed E-state index contributed by atoms with van der Waals surface area (Å²) in [6.45, 7) is 4.31. The van der Waals surface area contributed by atoms with Gasteiger partial charge in [0.05, 0.1) is 13.7 Å². The molecule has 6 heteroatoms. The Hall–Kier alpha value is -1.92. The fourth-order valence-corrected chi connectivity index (χ4v) is 3.43. The summed E-state index contributed by atoms with van der Waals surface area (Å²) in [5, 5.41) is 3.96. The molecule has 24 heavy (non-hydrogen) atoms. The van der Waals surface area contributed by atoms with E-state index in [9.17, 15) is 0 Å². The Morgan fingerprint density at radius 3 is 2.88 bits per heavy atom. The molecule has 2 aromatic rings. The Bertz CT molecular complexity index is 658. The minimum Gasteiger partial charge on any atom is -0.496 e. The van der Waals surface area contributed by atoms with Gasteiger partial charge >= 0.3 is 0 Å². The molecule has 0 N–H and O–H groups in total. The number of benzene rings is 1. The van der Waals surface area contributed by atoms with Crippen LogP contribution in [0.15, 0.2) is 28.8 Å². The molecule has 130 valence electrons. The van der Waals surface area contributed by atoms with Crippen molar-refractivity contribution in [3.05, 3.63) is 41.5 Å². The Morgan fingerprint density at radius 1 is 1.25 bits per heavy atom. The Balaban J connectivity index is 1.81. The second kappa shape index (κ2) is 7.77. The van der Waals surface area contributed by atoms with Crippen LogP contribution in [0, 0.1) is 5.92 Å². The topological polar surface area (TPSA) is 60.6 Å². The van der Waals surface area contributed by atoms with Crippen LogP contribution in [0.2, 0.25) is 0 Å². The van der Waals surface area contributed by atoms with Crippen molar-refractivity contribution in [2.75, 3.05) is 20.8 Å². The highest BCUT2D eigenvalue weighted by Gasteiger charge is 2.30. The molecule has 0 amide bonds. The summed E-state index contributed by atoms with van der Waals surface area (Å²) in [6.07, 6.45) is 2.30. The van der Waals surface area contributed by atoms with Crippen molar-refractivity contribution in [2.24, 2.45) is 5.92 Å². The Morgan fingerprint density at radius 2 is 2.08 bits per heavy atom. The molecule has 1 saturated heterocycles. The molecule has 1 aromatic carbocycles. The molecule has 2 unspecified atom stereocenters. The van der Waals surface area contributed by atoms with Gasteiger partial charge in [0.2, 0.25) is 5.89 Å². The first-order valence-electron chi connectivity index (χ1n) is 8.38. The molecule has 1 aliphatic heterocycles. The highest BCUT2D eigenvalue weighted by atomic mass is 16.5. The summed E-state index contributed by atoms with van der Waals surface area (Å²) in [4.78, 5) is 6.83. The summed E-state index contributed by atoms with van der Waals surface area (Å²) in [5.41, 5.74) is 1.23. The van der Waals surface area contributed by atoms with Crippen molar-refractivity contribution in [1.29, 1.82) is 0 Å². The van der Waals surface area contributed by atoms with Gasteiger partial charge in [-0.25, -0.2) is 0 Å². The summed E-state index contributed by atoms with van der Waals surface area (Å²) in [5.74, 6) is 2.81. The van der Waals surface area contributed by atoms with Gasteiger partial charge in [0.1, 0.15) is 12.4 Å². The Kier molecular flexibility index (Phi) is 5.48. The number of rotatable bonds is 6. The van der Waals surface area contributed by atoms with Gasteiger partial charge in [-0.3, -0.25) is 4.90 Å². The van der Waals surface area contributed by atoms with Crippen LogP contribution in [0.25, 0.3) is 0 Å². The SMILES string of the molecule is COCc1noc(CN2CC(C)CCC2c2ccccc2OC)n1. The standard InChI is InChI=1S/C18H25N3O3/c1-13-8-9-15(14-6-4-5-7-16(14)23-3)21(10-13)11-18-19-17(12-22-2)20-24-18/h4-7,13,15H,8-12H2,1-3H3. The minimum absolute atomic E-state index is 0.301. The van der Waals surface area contributed by atoms with E-state index in [1.54, 1.807) is 14.2 Å². The zero-order valence-electron chi connectivity index (χ0n) is 14.6. The van der Waals surface area contributed by atoms with E-state index in [1.807, 2.05) is 12.1 Å². The maximum Gasteiger partial charge on any atom is 0.240 e. The predicted molar refractivity (Wildman–Crippen MR) is 89.6 cm³/mol. The van der Waals surface area contributed by atoms with Gasteiger partial charge in [-0.15, -0.1) is 0 Å². The van der Waals surface area contributed by atoms with Crippen molar-refractivity contribution >= 4 is 0 Å². The monoisotopic (exact) mass is 331 g/mol. The van der Waals surface area contributed by atoms with E-state index in [1.165, 1.54) is 12.0 Å². The van der Waals surface area contributed by atoms with Gasteiger partial charge < -0.3 is 14.0 Å². The second-order valence-electron chi connectivity index (χ2n) is 6.41. The maximum absolute atomic E-state index is 5.57. The van der Waals surface area contributed by atoms with Crippen LogP contribution < -0.4 is 4.74 Å². The summed E-state index contributed by atoms with van der Waals surface area (Å²) in [7, 11) is 3.35. The van der Waals surface area contributed by atoms with Crippen LogP contribution in [-0.4, -0.2) is 35.8 Å². The van der Waals surface area contributed by atoms with Crippen molar-refractivity contribution in [3.63, 3.8) is 0 Å². The maximum atomic E-state index is 5.57. The zero-order chi connectivity index (χ0) is 16.9. The first kappa shape index (κ1) is 16.9. The quantitative estimate of drug-likeness (QED) is 0.810. The molecule has 1 aliphatic rings. The number of hydrogen-bond acceptors (Lipinski definition) is 6. The molecule has 2 heterocycles. The molecule has 0 spiro atoms. The molecule has 6 nitrogen and oxygen atoms in total. The fourth-order valence-electron chi connectivity index (χ4n) is 3.43. The number of para-hydroxylation sites is 1. The summed E-state index contributed by atoms with van der Waals surface area (Å²) < 4.78 is 16.0. The van der Waals surface area contributed by atoms with Gasteiger partial charge in [-0.2, -0.15) is 4.98 Å². The summed E-state index contributed by atoms with van der Waals surface area (Å²) in [6, 6.07) is 8.55. The summed E-state index contributed by atoms with van der Waals surface area (Å²) >= 11 is 0. The molecule has 3 rings (SSSR count). The molecular weight excluding hydrogens is 306 g/mol. The molecule has 0 saturated carbocycles. The lowest BCUT2D eigenvalue weighted by molar-refractivity contribution is 0.0916. The largest absolute Gasteiger partial charge is 0.496 e. The van der Waals surface area contributed by atoms with E-state index in [2.05, 4.69) is 34.1 Å². The average molecular weight is 331 g/mol. The lowest BCUT2D eigenvalue weighted by Crippen LogP contribution is -2.37. The van der Waals surface area contributed by atoms with Crippen LogP contribution in [-0.2, 0) is 17.9 Å². The van der Waals surface area contributed by atoms with Crippen molar-refractivity contribution in [1.82, 2.24) is 15.0 Å². The third kappa shape index (κ3) is 3.76. The van der Waals surface area contributed by atoms with Crippen LogP contribution >= 0.6 is 0 Å². The van der Waals surface area contributed by atoms with E-state index >= 15 is 0 Å². The highest BCUT2D eigenvalue weighted by Crippen LogP contribution is 2.38. The van der Waals surface area contributed by atoms with Gasteiger partial charge in [-0.1, -0.05) is 30.3 Å². The number of aromatic nitrogens is 2. The van der Waals surface area contributed by atoms with Crippen LogP contribution in [0.3, 0.4) is 0 Å². The zero-order valence-corrected chi connectivity index (χ0v) is 14.6. The van der Waals surface area contributed by atoms with Crippen LogP contribution in [0.1, 0.15) is 43.1 Å². The second-order valence-corrected chi connectivity index (χ2v) is 6.41. The molecule has 0 radical (unpaired) electrons. The van der Waals surface area contributed by atoms with Crippen molar-refractivity contribution < 1.29 is 14.0 Å². The molecule has 2 atom stereocenters. The van der Waals surface area contributed by atoms with E-state index in [0.717, 1.165) is 18.7 Å². The smallest absolute Gasteiger partial charge is 0.240 e. The number of piperidine rings is 1. The normalized spacial score (nSPS) is 21.8. The van der Waals surface area contributed by atoms with E-state index < -0.39 is 0 Å². The van der Waals surface area contributed by atoms with Gasteiger partial charge in [0, 0.05) is 25.3 Å². The third-order valence-corrected chi connectivity index (χ3v) is 4.54. The predicted octanol–water partition coefficient (Wildman–Crippen LogP) is 3.20. The van der Waals surface area contributed by atoms with Gasteiger partial charge in [0.25, 0.3) is 0 Å². The lowest BCUT2D eigenvalue weighted by Gasteiger charge is -2.38. The molecular formula is C18H25N3O3.